The lowest BCUT2D eigenvalue weighted by molar-refractivity contribution is 0.0866. The highest BCUT2D eigenvalue weighted by atomic mass is 32.1. The number of amides is 1. The molecule has 0 radical (unpaired) electrons. The molecule has 1 aliphatic rings. The lowest BCUT2D eigenvalue weighted by atomic mass is 9.96. The first kappa shape index (κ1) is 15.1. The quantitative estimate of drug-likeness (QED) is 0.733. The zero-order chi connectivity index (χ0) is 16.4. The molecule has 4 rings (SSSR count). The molecule has 124 valence electrons. The summed E-state index contributed by atoms with van der Waals surface area (Å²) in [5.74, 6) is 1.20. The number of benzene rings is 1. The highest BCUT2D eigenvalue weighted by Crippen LogP contribution is 2.27. The van der Waals surface area contributed by atoms with Crippen molar-refractivity contribution in [1.82, 2.24) is 19.5 Å². The van der Waals surface area contributed by atoms with Gasteiger partial charge in [0.2, 0.25) is 4.96 Å². The number of hydrogen-bond acceptors (Lipinski definition) is 5. The van der Waals surface area contributed by atoms with E-state index in [9.17, 15) is 4.79 Å². The monoisotopic (exact) mass is 342 g/mol. The third kappa shape index (κ3) is 3.12. The van der Waals surface area contributed by atoms with Gasteiger partial charge < -0.3 is 9.64 Å². The molecular weight excluding hydrogens is 324 g/mol. The highest BCUT2D eigenvalue weighted by molar-refractivity contribution is 7.15. The van der Waals surface area contributed by atoms with E-state index in [0.717, 1.165) is 29.2 Å². The third-order valence-electron chi connectivity index (χ3n) is 4.32. The minimum atomic E-state index is -0.240. The van der Waals surface area contributed by atoms with Crippen LogP contribution in [0.4, 0.5) is 4.79 Å². The van der Waals surface area contributed by atoms with E-state index in [1.807, 2.05) is 46.4 Å². The summed E-state index contributed by atoms with van der Waals surface area (Å²) in [6, 6.07) is 9.74. The van der Waals surface area contributed by atoms with Crippen molar-refractivity contribution < 1.29 is 9.53 Å². The summed E-state index contributed by atoms with van der Waals surface area (Å²) in [4.78, 5) is 19.5. The third-order valence-corrected chi connectivity index (χ3v) is 5.06. The van der Waals surface area contributed by atoms with Crippen LogP contribution < -0.4 is 0 Å². The summed E-state index contributed by atoms with van der Waals surface area (Å²) in [5, 5.41) is 6.50. The van der Waals surface area contributed by atoms with Crippen LogP contribution in [0.5, 0.6) is 0 Å². The molecule has 2 aromatic heterocycles. The van der Waals surface area contributed by atoms with E-state index in [1.165, 1.54) is 0 Å². The zero-order valence-corrected chi connectivity index (χ0v) is 14.0. The van der Waals surface area contributed by atoms with Gasteiger partial charge in [0.1, 0.15) is 6.61 Å². The normalized spacial score (nSPS) is 15.8. The van der Waals surface area contributed by atoms with Gasteiger partial charge in [-0.1, -0.05) is 30.3 Å². The van der Waals surface area contributed by atoms with Crippen LogP contribution in [0.25, 0.3) is 4.96 Å². The molecule has 3 heterocycles. The fraction of sp³-hybridized carbons (Fsp3) is 0.353. The Hall–Kier alpha value is -2.41. The van der Waals surface area contributed by atoms with Gasteiger partial charge in [0.05, 0.1) is 0 Å². The van der Waals surface area contributed by atoms with Crippen LogP contribution in [0.3, 0.4) is 0 Å². The second-order valence-electron chi connectivity index (χ2n) is 5.90. The molecule has 1 fully saturated rings. The summed E-state index contributed by atoms with van der Waals surface area (Å²) in [5.41, 5.74) is 1.00. The fourth-order valence-electron chi connectivity index (χ4n) is 2.95. The van der Waals surface area contributed by atoms with Gasteiger partial charge in [-0.2, -0.15) is 5.10 Å². The molecule has 1 saturated heterocycles. The Labute approximate surface area is 143 Å². The molecule has 0 bridgehead atoms. The van der Waals surface area contributed by atoms with E-state index < -0.39 is 0 Å². The van der Waals surface area contributed by atoms with Gasteiger partial charge in [-0.25, -0.2) is 14.3 Å². The Balaban J connectivity index is 1.30. The second-order valence-corrected chi connectivity index (χ2v) is 6.77. The maximum Gasteiger partial charge on any atom is 0.410 e. The minimum Gasteiger partial charge on any atom is -0.445 e. The molecule has 0 spiro atoms. The SMILES string of the molecule is O=C(OCc1ccccc1)N1CCC(c2nc3sccn3n2)CC1. The minimum absolute atomic E-state index is 0.240. The molecule has 0 atom stereocenters. The molecule has 0 N–H and O–H groups in total. The summed E-state index contributed by atoms with van der Waals surface area (Å²) < 4.78 is 7.22. The predicted octanol–water partition coefficient (Wildman–Crippen LogP) is 3.31. The largest absolute Gasteiger partial charge is 0.445 e. The van der Waals surface area contributed by atoms with Gasteiger partial charge in [-0.05, 0) is 18.4 Å². The second kappa shape index (κ2) is 6.60. The number of thiazole rings is 1. The van der Waals surface area contributed by atoms with Crippen molar-refractivity contribution in [3.8, 4) is 0 Å². The van der Waals surface area contributed by atoms with Gasteiger partial charge in [0.15, 0.2) is 5.82 Å². The van der Waals surface area contributed by atoms with E-state index in [0.29, 0.717) is 25.6 Å². The molecule has 0 aliphatic carbocycles. The van der Waals surface area contributed by atoms with Crippen molar-refractivity contribution >= 4 is 22.4 Å². The standard InChI is InChI=1S/C17H18N4O2S/c22-17(23-12-13-4-2-1-3-5-13)20-8-6-14(7-9-20)15-18-16-21(19-15)10-11-24-16/h1-5,10-11,14H,6-9,12H2. The van der Waals surface area contributed by atoms with E-state index in [-0.39, 0.29) is 6.09 Å². The van der Waals surface area contributed by atoms with Gasteiger partial charge >= 0.3 is 6.09 Å². The van der Waals surface area contributed by atoms with E-state index in [1.54, 1.807) is 16.2 Å². The molecule has 1 aliphatic heterocycles. The number of nitrogens with zero attached hydrogens (tertiary/aromatic N) is 4. The fourth-order valence-corrected chi connectivity index (χ4v) is 3.61. The maximum atomic E-state index is 12.2. The number of aromatic nitrogens is 3. The highest BCUT2D eigenvalue weighted by Gasteiger charge is 2.27. The number of rotatable bonds is 3. The molecule has 1 aromatic carbocycles. The summed E-state index contributed by atoms with van der Waals surface area (Å²) in [7, 11) is 0. The number of fused-ring (bicyclic) bond motifs is 1. The van der Waals surface area contributed by atoms with Crippen LogP contribution >= 0.6 is 11.3 Å². The van der Waals surface area contributed by atoms with Crippen molar-refractivity contribution in [2.45, 2.75) is 25.4 Å². The first-order valence-corrected chi connectivity index (χ1v) is 8.93. The van der Waals surface area contributed by atoms with E-state index in [2.05, 4.69) is 10.1 Å². The number of hydrogen-bond donors (Lipinski definition) is 0. The molecule has 24 heavy (non-hydrogen) atoms. The summed E-state index contributed by atoms with van der Waals surface area (Å²) in [6.45, 7) is 1.69. The van der Waals surface area contributed by atoms with Crippen LogP contribution in [-0.4, -0.2) is 38.7 Å². The van der Waals surface area contributed by atoms with Gasteiger partial charge in [0, 0.05) is 30.6 Å². The van der Waals surface area contributed by atoms with Crippen molar-refractivity contribution in [1.29, 1.82) is 0 Å². The van der Waals surface area contributed by atoms with Gasteiger partial charge in [-0.3, -0.25) is 0 Å². The molecule has 3 aromatic rings. The average molecular weight is 342 g/mol. The first-order chi connectivity index (χ1) is 11.8. The predicted molar refractivity (Wildman–Crippen MR) is 91.0 cm³/mol. The number of carbonyl (C=O) groups is 1. The van der Waals surface area contributed by atoms with Gasteiger partial charge in [0.25, 0.3) is 0 Å². The molecule has 1 amide bonds. The topological polar surface area (TPSA) is 59.7 Å². The van der Waals surface area contributed by atoms with Crippen LogP contribution in [0.2, 0.25) is 0 Å². The Morgan fingerprint density at radius 3 is 2.79 bits per heavy atom. The summed E-state index contributed by atoms with van der Waals surface area (Å²) in [6.07, 6.45) is 3.43. The number of piperidine rings is 1. The average Bonchev–Trinajstić information content (AvgIpc) is 3.23. The number of ether oxygens (including phenoxy) is 1. The summed E-state index contributed by atoms with van der Waals surface area (Å²) >= 11 is 1.59. The van der Waals surface area contributed by atoms with Crippen LogP contribution in [0, 0.1) is 0 Å². The maximum absolute atomic E-state index is 12.2. The smallest absolute Gasteiger partial charge is 0.410 e. The van der Waals surface area contributed by atoms with Crippen LogP contribution in [0.1, 0.15) is 30.1 Å². The van der Waals surface area contributed by atoms with Crippen molar-refractivity contribution in [3.05, 3.63) is 53.3 Å². The first-order valence-electron chi connectivity index (χ1n) is 8.05. The molecule has 7 heteroatoms. The molecular formula is C17H18N4O2S. The Kier molecular flexibility index (Phi) is 4.17. The van der Waals surface area contributed by atoms with Crippen LogP contribution in [0.15, 0.2) is 41.9 Å². The Morgan fingerprint density at radius 1 is 1.25 bits per heavy atom. The van der Waals surface area contributed by atoms with E-state index >= 15 is 0 Å². The molecule has 6 nitrogen and oxygen atoms in total. The number of carbonyl (C=O) groups excluding carboxylic acids is 1. The number of likely N-dealkylation sites (tertiary alicyclic amines) is 1. The lowest BCUT2D eigenvalue weighted by Gasteiger charge is -2.30. The van der Waals surface area contributed by atoms with Crippen molar-refractivity contribution in [2.75, 3.05) is 13.1 Å². The molecule has 0 saturated carbocycles. The Morgan fingerprint density at radius 2 is 2.04 bits per heavy atom. The van der Waals surface area contributed by atoms with Gasteiger partial charge in [-0.15, -0.1) is 11.3 Å². The van der Waals surface area contributed by atoms with Crippen molar-refractivity contribution in [2.24, 2.45) is 0 Å². The van der Waals surface area contributed by atoms with Crippen molar-refractivity contribution in [3.63, 3.8) is 0 Å². The van der Waals surface area contributed by atoms with Crippen LogP contribution in [-0.2, 0) is 11.3 Å². The van der Waals surface area contributed by atoms with E-state index in [4.69, 9.17) is 4.74 Å². The Bertz CT molecular complexity index is 793. The lowest BCUT2D eigenvalue weighted by Crippen LogP contribution is -2.38. The molecule has 0 unspecified atom stereocenters. The zero-order valence-electron chi connectivity index (χ0n) is 13.2.